The maximum Gasteiger partial charge on any atom is 0.152 e. The Labute approximate surface area is 92.8 Å². The van der Waals surface area contributed by atoms with Crippen molar-refractivity contribution in [1.82, 2.24) is 0 Å². The third-order valence-electron chi connectivity index (χ3n) is 2.29. The van der Waals surface area contributed by atoms with Crippen molar-refractivity contribution in [3.05, 3.63) is 53.5 Å². The van der Waals surface area contributed by atoms with E-state index in [-0.39, 0.29) is 12.3 Å². The Hall–Kier alpha value is -2.07. The standard InChI is InChI=1S/C12H12N2O2/c13-10-4-2-1-3-9(10)12(14)11-6-5-8(7-15)16-11/h1-6,14-15H,7,13H2. The quantitative estimate of drug-likeness (QED) is 0.540. The van der Waals surface area contributed by atoms with Crippen molar-refractivity contribution in [3.8, 4) is 0 Å². The fraction of sp³-hybridized carbons (Fsp3) is 0.0833. The number of hydrogen-bond donors (Lipinski definition) is 3. The number of hydrogen-bond acceptors (Lipinski definition) is 4. The number of aliphatic hydroxyl groups excluding tert-OH is 1. The van der Waals surface area contributed by atoms with Crippen LogP contribution in [0.5, 0.6) is 0 Å². The maximum absolute atomic E-state index is 8.87. The van der Waals surface area contributed by atoms with Crippen molar-refractivity contribution in [3.63, 3.8) is 0 Å². The molecule has 0 radical (unpaired) electrons. The van der Waals surface area contributed by atoms with Crippen molar-refractivity contribution < 1.29 is 9.52 Å². The van der Waals surface area contributed by atoms with Crippen LogP contribution in [0.2, 0.25) is 0 Å². The van der Waals surface area contributed by atoms with E-state index in [1.165, 1.54) is 0 Å². The van der Waals surface area contributed by atoms with Crippen LogP contribution < -0.4 is 5.73 Å². The number of benzene rings is 1. The molecular weight excluding hydrogens is 204 g/mol. The summed E-state index contributed by atoms with van der Waals surface area (Å²) in [4.78, 5) is 0. The second-order valence-corrected chi connectivity index (χ2v) is 3.39. The lowest BCUT2D eigenvalue weighted by molar-refractivity contribution is 0.246. The third-order valence-corrected chi connectivity index (χ3v) is 2.29. The van der Waals surface area contributed by atoms with Crippen LogP contribution in [0, 0.1) is 5.41 Å². The fourth-order valence-corrected chi connectivity index (χ4v) is 1.45. The van der Waals surface area contributed by atoms with Gasteiger partial charge in [0.2, 0.25) is 0 Å². The van der Waals surface area contributed by atoms with Gasteiger partial charge in [-0.1, -0.05) is 18.2 Å². The topological polar surface area (TPSA) is 83.2 Å². The average Bonchev–Trinajstić information content (AvgIpc) is 2.77. The Bertz CT molecular complexity index is 517. The molecule has 16 heavy (non-hydrogen) atoms. The van der Waals surface area contributed by atoms with Gasteiger partial charge in [0.25, 0.3) is 0 Å². The number of nitrogens with one attached hydrogen (secondary N) is 1. The summed E-state index contributed by atoms with van der Waals surface area (Å²) in [7, 11) is 0. The van der Waals surface area contributed by atoms with Gasteiger partial charge in [0.1, 0.15) is 18.1 Å². The Balaban J connectivity index is 2.35. The molecule has 0 aliphatic rings. The second-order valence-electron chi connectivity index (χ2n) is 3.39. The molecular formula is C12H12N2O2. The van der Waals surface area contributed by atoms with Crippen molar-refractivity contribution in [2.45, 2.75) is 6.61 Å². The summed E-state index contributed by atoms with van der Waals surface area (Å²) in [5.41, 5.74) is 7.15. The van der Waals surface area contributed by atoms with E-state index in [9.17, 15) is 0 Å². The molecule has 0 amide bonds. The molecule has 0 bridgehead atoms. The average molecular weight is 216 g/mol. The van der Waals surface area contributed by atoms with E-state index in [1.807, 2.05) is 12.1 Å². The van der Waals surface area contributed by atoms with Crippen molar-refractivity contribution in [2.24, 2.45) is 0 Å². The lowest BCUT2D eigenvalue weighted by Crippen LogP contribution is -2.03. The summed E-state index contributed by atoms with van der Waals surface area (Å²) < 4.78 is 5.27. The van der Waals surface area contributed by atoms with Crippen LogP contribution in [0.1, 0.15) is 17.1 Å². The van der Waals surface area contributed by atoms with E-state index in [0.717, 1.165) is 0 Å². The van der Waals surface area contributed by atoms with Crippen LogP contribution in [0.25, 0.3) is 0 Å². The van der Waals surface area contributed by atoms with Gasteiger partial charge in [0.15, 0.2) is 5.76 Å². The highest BCUT2D eigenvalue weighted by molar-refractivity contribution is 6.12. The van der Waals surface area contributed by atoms with Crippen molar-refractivity contribution in [1.29, 1.82) is 5.41 Å². The van der Waals surface area contributed by atoms with Gasteiger partial charge in [-0.15, -0.1) is 0 Å². The minimum Gasteiger partial charge on any atom is -0.457 e. The molecule has 0 aliphatic carbocycles. The zero-order valence-corrected chi connectivity index (χ0v) is 8.60. The summed E-state index contributed by atoms with van der Waals surface area (Å²) in [5, 5.41) is 16.8. The van der Waals surface area contributed by atoms with E-state index in [4.69, 9.17) is 20.7 Å². The Morgan fingerprint density at radius 2 is 2.00 bits per heavy atom. The predicted octanol–water partition coefficient (Wildman–Crippen LogP) is 1.77. The van der Waals surface area contributed by atoms with E-state index < -0.39 is 0 Å². The summed E-state index contributed by atoms with van der Waals surface area (Å²) in [6.07, 6.45) is 0. The van der Waals surface area contributed by atoms with Crippen LogP contribution in [-0.2, 0) is 6.61 Å². The Morgan fingerprint density at radius 3 is 2.62 bits per heavy atom. The largest absolute Gasteiger partial charge is 0.457 e. The van der Waals surface area contributed by atoms with Crippen molar-refractivity contribution in [2.75, 3.05) is 5.73 Å². The van der Waals surface area contributed by atoms with Gasteiger partial charge >= 0.3 is 0 Å². The van der Waals surface area contributed by atoms with E-state index >= 15 is 0 Å². The number of nitrogens with two attached hydrogens (primary N) is 1. The molecule has 2 rings (SSSR count). The van der Waals surface area contributed by atoms with Crippen LogP contribution in [0.15, 0.2) is 40.8 Å². The van der Waals surface area contributed by atoms with Crippen LogP contribution in [0.3, 0.4) is 0 Å². The molecule has 4 nitrogen and oxygen atoms in total. The van der Waals surface area contributed by atoms with E-state index in [0.29, 0.717) is 22.8 Å². The lowest BCUT2D eigenvalue weighted by Gasteiger charge is -2.04. The molecule has 0 atom stereocenters. The summed E-state index contributed by atoms with van der Waals surface area (Å²) in [6, 6.07) is 10.4. The van der Waals surface area contributed by atoms with Gasteiger partial charge in [0, 0.05) is 11.3 Å². The van der Waals surface area contributed by atoms with Gasteiger partial charge < -0.3 is 15.3 Å². The molecule has 0 unspecified atom stereocenters. The minimum absolute atomic E-state index is 0.169. The Kier molecular flexibility index (Phi) is 2.74. The Morgan fingerprint density at radius 1 is 1.25 bits per heavy atom. The smallest absolute Gasteiger partial charge is 0.152 e. The number of anilines is 1. The zero-order valence-electron chi connectivity index (χ0n) is 8.60. The summed E-state index contributed by atoms with van der Waals surface area (Å²) in [5.74, 6) is 0.844. The molecule has 1 aromatic carbocycles. The lowest BCUT2D eigenvalue weighted by atomic mass is 10.1. The first kappa shape index (κ1) is 10.4. The molecule has 82 valence electrons. The van der Waals surface area contributed by atoms with Crippen molar-refractivity contribution >= 4 is 11.4 Å². The second kappa shape index (κ2) is 4.20. The summed E-state index contributed by atoms with van der Waals surface area (Å²) in [6.45, 7) is -0.169. The predicted molar refractivity (Wildman–Crippen MR) is 61.4 cm³/mol. The van der Waals surface area contributed by atoms with Gasteiger partial charge in [-0.2, -0.15) is 0 Å². The highest BCUT2D eigenvalue weighted by atomic mass is 16.4. The van der Waals surface area contributed by atoms with Gasteiger partial charge in [0.05, 0.1) is 0 Å². The molecule has 4 N–H and O–H groups in total. The monoisotopic (exact) mass is 216 g/mol. The molecule has 4 heteroatoms. The molecule has 0 saturated carbocycles. The number of aliphatic hydroxyl groups is 1. The van der Waals surface area contributed by atoms with Crippen LogP contribution in [-0.4, -0.2) is 10.8 Å². The van der Waals surface area contributed by atoms with Gasteiger partial charge in [-0.25, -0.2) is 0 Å². The first-order chi connectivity index (χ1) is 7.72. The zero-order chi connectivity index (χ0) is 11.5. The highest BCUT2D eigenvalue weighted by Crippen LogP contribution is 2.17. The maximum atomic E-state index is 8.87. The molecule has 0 fully saturated rings. The fourth-order valence-electron chi connectivity index (χ4n) is 1.45. The van der Waals surface area contributed by atoms with E-state index in [1.54, 1.807) is 24.3 Å². The number of rotatable bonds is 3. The molecule has 0 aliphatic heterocycles. The van der Waals surface area contributed by atoms with Gasteiger partial charge in [-0.3, -0.25) is 5.41 Å². The van der Waals surface area contributed by atoms with E-state index in [2.05, 4.69) is 0 Å². The minimum atomic E-state index is -0.169. The summed E-state index contributed by atoms with van der Waals surface area (Å²) >= 11 is 0. The van der Waals surface area contributed by atoms with Crippen LogP contribution in [0.4, 0.5) is 5.69 Å². The highest BCUT2D eigenvalue weighted by Gasteiger charge is 2.11. The first-order valence-corrected chi connectivity index (χ1v) is 4.85. The number of furan rings is 1. The number of para-hydroxylation sites is 1. The first-order valence-electron chi connectivity index (χ1n) is 4.85. The molecule has 1 aromatic heterocycles. The third kappa shape index (κ3) is 1.83. The molecule has 2 aromatic rings. The number of nitrogen functional groups attached to an aromatic ring is 1. The van der Waals surface area contributed by atoms with Crippen LogP contribution >= 0.6 is 0 Å². The molecule has 0 saturated heterocycles. The van der Waals surface area contributed by atoms with Gasteiger partial charge in [-0.05, 0) is 18.2 Å². The molecule has 1 heterocycles. The normalized spacial score (nSPS) is 10.3. The molecule has 0 spiro atoms. The SMILES string of the molecule is N=C(c1ccc(CO)o1)c1ccccc1N.